The van der Waals surface area contributed by atoms with Crippen LogP contribution in [0.1, 0.15) is 40.0 Å². The van der Waals surface area contributed by atoms with Crippen LogP contribution in [-0.2, 0) is 4.79 Å². The lowest BCUT2D eigenvalue weighted by molar-refractivity contribution is -0.121. The van der Waals surface area contributed by atoms with E-state index >= 15 is 0 Å². The van der Waals surface area contributed by atoms with Crippen LogP contribution in [0.25, 0.3) is 0 Å². The first kappa shape index (κ1) is 10.5. The number of carbonyl (C=O) groups is 1. The zero-order valence-electron chi connectivity index (χ0n) is 7.81. The number of rotatable bonds is 5. The second-order valence-corrected chi connectivity index (χ2v) is 3.07. The van der Waals surface area contributed by atoms with Gasteiger partial charge in [0.1, 0.15) is 0 Å². The minimum atomic E-state index is 0.188. The first-order chi connectivity index (χ1) is 5.20. The van der Waals surface area contributed by atoms with Gasteiger partial charge in [0.25, 0.3) is 0 Å². The second kappa shape index (κ2) is 6.20. The van der Waals surface area contributed by atoms with E-state index in [1.807, 2.05) is 6.92 Å². The molecule has 1 amide bonds. The Kier molecular flexibility index (Phi) is 5.90. The molecule has 0 fully saturated rings. The van der Waals surface area contributed by atoms with Crippen molar-refractivity contribution in [2.45, 2.75) is 40.0 Å². The minimum absolute atomic E-state index is 0.188. The molecule has 0 bridgehead atoms. The summed E-state index contributed by atoms with van der Waals surface area (Å²) < 4.78 is 0. The van der Waals surface area contributed by atoms with E-state index in [-0.39, 0.29) is 5.91 Å². The highest BCUT2D eigenvalue weighted by Gasteiger charge is 2.01. The summed E-state index contributed by atoms with van der Waals surface area (Å²) in [5, 5.41) is 2.90. The normalized spacial score (nSPS) is 12.6. The van der Waals surface area contributed by atoms with Crippen LogP contribution >= 0.6 is 0 Å². The van der Waals surface area contributed by atoms with Gasteiger partial charge in [-0.2, -0.15) is 0 Å². The molecule has 0 saturated carbocycles. The average molecular weight is 157 g/mol. The van der Waals surface area contributed by atoms with Crippen molar-refractivity contribution in [3.63, 3.8) is 0 Å². The lowest BCUT2D eigenvalue weighted by atomic mass is 10.1. The fourth-order valence-corrected chi connectivity index (χ4v) is 0.748. The highest BCUT2D eigenvalue weighted by atomic mass is 16.1. The molecule has 0 radical (unpaired) electrons. The summed E-state index contributed by atoms with van der Waals surface area (Å²) in [5.41, 5.74) is 0. The summed E-state index contributed by atoms with van der Waals surface area (Å²) in [6.45, 7) is 7.13. The van der Waals surface area contributed by atoms with Crippen LogP contribution in [0.15, 0.2) is 0 Å². The molecule has 0 saturated heterocycles. The van der Waals surface area contributed by atoms with E-state index in [1.54, 1.807) is 0 Å². The van der Waals surface area contributed by atoms with Crippen molar-refractivity contribution < 1.29 is 4.79 Å². The van der Waals surface area contributed by atoms with Gasteiger partial charge in [-0.15, -0.1) is 0 Å². The van der Waals surface area contributed by atoms with Gasteiger partial charge in [-0.3, -0.25) is 4.79 Å². The van der Waals surface area contributed by atoms with Crippen molar-refractivity contribution >= 4 is 5.91 Å². The molecule has 11 heavy (non-hydrogen) atoms. The van der Waals surface area contributed by atoms with Crippen molar-refractivity contribution in [3.8, 4) is 0 Å². The Hall–Kier alpha value is -0.530. The van der Waals surface area contributed by atoms with Crippen LogP contribution in [-0.4, -0.2) is 12.5 Å². The summed E-state index contributed by atoms with van der Waals surface area (Å²) in [6, 6.07) is 0. The minimum Gasteiger partial charge on any atom is -0.356 e. The Labute approximate surface area is 69.4 Å². The maximum Gasteiger partial charge on any atom is 0.219 e. The Balaban J connectivity index is 3.30. The topological polar surface area (TPSA) is 29.1 Å². The smallest absolute Gasteiger partial charge is 0.219 e. The molecule has 0 aliphatic rings. The number of amides is 1. The van der Waals surface area contributed by atoms with Crippen molar-refractivity contribution in [1.29, 1.82) is 0 Å². The molecular formula is C9H19NO. The summed E-state index contributed by atoms with van der Waals surface area (Å²) in [7, 11) is 0. The number of carbonyl (C=O) groups excluding carboxylic acids is 1. The standard InChI is InChI=1S/C9H19NO/c1-4-6-9(11)10-7-8(3)5-2/h8H,4-7H2,1-3H3,(H,10,11)/t8-/m0/s1. The molecule has 1 N–H and O–H groups in total. The number of nitrogens with one attached hydrogen (secondary N) is 1. The predicted octanol–water partition coefficient (Wildman–Crippen LogP) is 1.95. The number of hydrogen-bond donors (Lipinski definition) is 1. The molecule has 0 aromatic heterocycles. The van der Waals surface area contributed by atoms with Crippen molar-refractivity contribution in [1.82, 2.24) is 5.32 Å². The maximum atomic E-state index is 11.0. The third-order valence-electron chi connectivity index (χ3n) is 1.82. The van der Waals surface area contributed by atoms with Crippen molar-refractivity contribution in [3.05, 3.63) is 0 Å². The van der Waals surface area contributed by atoms with Gasteiger partial charge in [-0.25, -0.2) is 0 Å². The average Bonchev–Trinajstić information content (AvgIpc) is 2.01. The maximum absolute atomic E-state index is 11.0. The van der Waals surface area contributed by atoms with Gasteiger partial charge in [0, 0.05) is 13.0 Å². The highest BCUT2D eigenvalue weighted by Crippen LogP contribution is 1.97. The molecule has 0 heterocycles. The molecule has 2 nitrogen and oxygen atoms in total. The fraction of sp³-hybridized carbons (Fsp3) is 0.889. The van der Waals surface area contributed by atoms with Gasteiger partial charge >= 0.3 is 0 Å². The second-order valence-electron chi connectivity index (χ2n) is 3.07. The van der Waals surface area contributed by atoms with Crippen molar-refractivity contribution in [2.24, 2.45) is 5.92 Å². The SMILES string of the molecule is CCCC(=O)NC[C@@H](C)CC. The fourth-order valence-electron chi connectivity index (χ4n) is 0.748. The first-order valence-corrected chi connectivity index (χ1v) is 4.47. The van der Waals surface area contributed by atoms with Gasteiger partial charge in [0.15, 0.2) is 0 Å². The van der Waals surface area contributed by atoms with Crippen LogP contribution in [0.3, 0.4) is 0 Å². The monoisotopic (exact) mass is 157 g/mol. The highest BCUT2D eigenvalue weighted by molar-refractivity contribution is 5.75. The first-order valence-electron chi connectivity index (χ1n) is 4.47. The van der Waals surface area contributed by atoms with Gasteiger partial charge < -0.3 is 5.32 Å². The Morgan fingerprint density at radius 1 is 1.45 bits per heavy atom. The Bertz CT molecular complexity index is 112. The molecule has 0 aromatic rings. The molecule has 66 valence electrons. The summed E-state index contributed by atoms with van der Waals surface area (Å²) in [6.07, 6.45) is 2.73. The molecule has 0 unspecified atom stereocenters. The van der Waals surface area contributed by atoms with E-state index < -0.39 is 0 Å². The van der Waals surface area contributed by atoms with Gasteiger partial charge in [-0.1, -0.05) is 27.2 Å². The van der Waals surface area contributed by atoms with Crippen LogP contribution in [0.4, 0.5) is 0 Å². The molecule has 0 spiro atoms. The molecule has 2 heteroatoms. The van der Waals surface area contributed by atoms with Crippen LogP contribution in [0.5, 0.6) is 0 Å². The third kappa shape index (κ3) is 5.89. The van der Waals surface area contributed by atoms with Crippen LogP contribution < -0.4 is 5.32 Å². The summed E-state index contributed by atoms with van der Waals surface area (Å²) in [5.74, 6) is 0.795. The molecule has 0 aliphatic heterocycles. The van der Waals surface area contributed by atoms with E-state index in [9.17, 15) is 4.79 Å². The van der Waals surface area contributed by atoms with E-state index in [1.165, 1.54) is 0 Å². The zero-order chi connectivity index (χ0) is 8.69. The van der Waals surface area contributed by atoms with Gasteiger partial charge in [0.2, 0.25) is 5.91 Å². The predicted molar refractivity (Wildman–Crippen MR) is 47.4 cm³/mol. The van der Waals surface area contributed by atoms with E-state index in [2.05, 4.69) is 19.2 Å². The molecule has 0 aromatic carbocycles. The number of hydrogen-bond acceptors (Lipinski definition) is 1. The van der Waals surface area contributed by atoms with Gasteiger partial charge in [0.05, 0.1) is 0 Å². The molecule has 0 rings (SSSR count). The van der Waals surface area contributed by atoms with E-state index in [0.717, 1.165) is 19.4 Å². The lowest BCUT2D eigenvalue weighted by Crippen LogP contribution is -2.27. The Morgan fingerprint density at radius 2 is 2.09 bits per heavy atom. The quantitative estimate of drug-likeness (QED) is 0.649. The van der Waals surface area contributed by atoms with E-state index in [0.29, 0.717) is 12.3 Å². The van der Waals surface area contributed by atoms with Gasteiger partial charge in [-0.05, 0) is 12.3 Å². The van der Waals surface area contributed by atoms with Crippen LogP contribution in [0.2, 0.25) is 0 Å². The molecular weight excluding hydrogens is 138 g/mol. The van der Waals surface area contributed by atoms with E-state index in [4.69, 9.17) is 0 Å². The zero-order valence-corrected chi connectivity index (χ0v) is 7.81. The third-order valence-corrected chi connectivity index (χ3v) is 1.82. The summed E-state index contributed by atoms with van der Waals surface area (Å²) in [4.78, 5) is 11.0. The van der Waals surface area contributed by atoms with Crippen LogP contribution in [0, 0.1) is 5.92 Å². The molecule has 0 aliphatic carbocycles. The van der Waals surface area contributed by atoms with Crippen molar-refractivity contribution in [2.75, 3.05) is 6.54 Å². The largest absolute Gasteiger partial charge is 0.356 e. The Morgan fingerprint density at radius 3 is 2.55 bits per heavy atom. The summed E-state index contributed by atoms with van der Waals surface area (Å²) >= 11 is 0. The molecule has 1 atom stereocenters. The lowest BCUT2D eigenvalue weighted by Gasteiger charge is -2.08.